The summed E-state index contributed by atoms with van der Waals surface area (Å²) < 4.78 is 14.4. The molecule has 138 valence electrons. The molecule has 0 aliphatic carbocycles. The Kier molecular flexibility index (Phi) is 4.52. The largest absolute Gasteiger partial charge is 0.366 e. The van der Waals surface area contributed by atoms with Gasteiger partial charge in [0.1, 0.15) is 11.5 Å². The van der Waals surface area contributed by atoms with E-state index >= 15 is 0 Å². The van der Waals surface area contributed by atoms with Crippen LogP contribution in [0.4, 0.5) is 10.1 Å². The summed E-state index contributed by atoms with van der Waals surface area (Å²) in [6, 6.07) is 15.1. The zero-order chi connectivity index (χ0) is 19.0. The fraction of sp³-hybridized carbons (Fsp3) is 0.273. The monoisotopic (exact) mass is 364 g/mol. The fourth-order valence-corrected chi connectivity index (χ4v) is 3.92. The number of imide groups is 1. The number of hydrogen-bond acceptors (Lipinski definition) is 3. The Balaban J connectivity index is 1.84. The van der Waals surface area contributed by atoms with E-state index < -0.39 is 17.6 Å². The van der Waals surface area contributed by atoms with E-state index in [1.807, 2.05) is 35.2 Å². The number of amides is 2. The molecule has 2 aliphatic heterocycles. The Morgan fingerprint density at radius 1 is 0.963 bits per heavy atom. The molecule has 1 fully saturated rings. The molecule has 1 atom stereocenters. The normalized spacial score (nSPS) is 20.6. The van der Waals surface area contributed by atoms with Gasteiger partial charge in [-0.05, 0) is 36.5 Å². The lowest BCUT2D eigenvalue weighted by Crippen LogP contribution is -2.39. The molecular formula is C22H21FN2O2. The molecule has 0 saturated carbocycles. The van der Waals surface area contributed by atoms with E-state index in [1.54, 1.807) is 12.1 Å². The average Bonchev–Trinajstić information content (AvgIpc) is 2.93. The number of anilines is 1. The maximum absolute atomic E-state index is 14.4. The van der Waals surface area contributed by atoms with Crippen LogP contribution in [0.1, 0.15) is 25.3 Å². The zero-order valence-corrected chi connectivity index (χ0v) is 15.2. The second kappa shape index (κ2) is 6.99. The molecule has 2 amide bonds. The fourth-order valence-electron chi connectivity index (χ4n) is 3.92. The molecule has 2 aromatic carbocycles. The van der Waals surface area contributed by atoms with Crippen molar-refractivity contribution in [1.82, 2.24) is 4.90 Å². The van der Waals surface area contributed by atoms with Crippen molar-refractivity contribution < 1.29 is 14.0 Å². The van der Waals surface area contributed by atoms with Gasteiger partial charge in [0.2, 0.25) is 0 Å². The summed E-state index contributed by atoms with van der Waals surface area (Å²) in [6.07, 6.45) is 2.07. The highest BCUT2D eigenvalue weighted by Gasteiger charge is 2.43. The molecule has 2 heterocycles. The zero-order valence-electron chi connectivity index (χ0n) is 15.2. The third-order valence-corrected chi connectivity index (χ3v) is 5.19. The molecule has 4 rings (SSSR count). The minimum Gasteiger partial charge on any atom is -0.366 e. The van der Waals surface area contributed by atoms with Crippen molar-refractivity contribution in [1.29, 1.82) is 0 Å². The van der Waals surface area contributed by atoms with Gasteiger partial charge in [-0.3, -0.25) is 9.59 Å². The van der Waals surface area contributed by atoms with Crippen LogP contribution < -0.4 is 4.90 Å². The lowest BCUT2D eigenvalue weighted by atomic mass is 9.98. The summed E-state index contributed by atoms with van der Waals surface area (Å²) in [5, 5.41) is 0. The third-order valence-electron chi connectivity index (χ3n) is 5.19. The van der Waals surface area contributed by atoms with Crippen LogP contribution >= 0.6 is 0 Å². The molecule has 0 aromatic heterocycles. The number of para-hydroxylation sites is 1. The van der Waals surface area contributed by atoms with Crippen LogP contribution in [0, 0.1) is 11.7 Å². The second-order valence-electron chi connectivity index (χ2n) is 7.18. The first kappa shape index (κ1) is 17.5. The van der Waals surface area contributed by atoms with Gasteiger partial charge >= 0.3 is 0 Å². The molecule has 2 aromatic rings. The predicted octanol–water partition coefficient (Wildman–Crippen LogP) is 3.84. The average molecular weight is 364 g/mol. The first-order valence-electron chi connectivity index (χ1n) is 9.26. The molecule has 0 spiro atoms. The summed E-state index contributed by atoms with van der Waals surface area (Å²) in [7, 11) is 0. The number of benzene rings is 2. The van der Waals surface area contributed by atoms with Crippen molar-refractivity contribution in [2.75, 3.05) is 18.0 Å². The number of rotatable bonds is 3. The number of nitrogens with zero attached hydrogens (tertiary/aromatic N) is 2. The minimum atomic E-state index is -0.583. The Morgan fingerprint density at radius 3 is 2.37 bits per heavy atom. The van der Waals surface area contributed by atoms with E-state index in [0.717, 1.165) is 30.8 Å². The summed E-state index contributed by atoms with van der Waals surface area (Å²) in [6.45, 7) is 3.58. The van der Waals surface area contributed by atoms with Crippen molar-refractivity contribution >= 4 is 23.1 Å². The standard InChI is InChI=1S/C22H21FN2O2/c1-15-8-7-13-24(14-15)20-19(16-9-3-2-4-10-16)21(26)25(22(20)27)18-12-6-5-11-17(18)23/h2-6,9-12,15H,7-8,13-14H2,1H3. The first-order chi connectivity index (χ1) is 13.1. The van der Waals surface area contributed by atoms with E-state index in [2.05, 4.69) is 6.92 Å². The van der Waals surface area contributed by atoms with Gasteiger partial charge < -0.3 is 4.90 Å². The number of hydrogen-bond donors (Lipinski definition) is 0. The molecule has 0 N–H and O–H groups in total. The lowest BCUT2D eigenvalue weighted by molar-refractivity contribution is -0.120. The smallest absolute Gasteiger partial charge is 0.282 e. The predicted molar refractivity (Wildman–Crippen MR) is 102 cm³/mol. The molecular weight excluding hydrogens is 343 g/mol. The summed E-state index contributed by atoms with van der Waals surface area (Å²) in [5.74, 6) is -1.06. The molecule has 4 nitrogen and oxygen atoms in total. The van der Waals surface area contributed by atoms with Gasteiger partial charge in [0.05, 0.1) is 11.3 Å². The molecule has 0 radical (unpaired) electrons. The van der Waals surface area contributed by atoms with Crippen LogP contribution in [0.5, 0.6) is 0 Å². The van der Waals surface area contributed by atoms with E-state index in [1.165, 1.54) is 12.1 Å². The van der Waals surface area contributed by atoms with Crippen molar-refractivity contribution in [2.24, 2.45) is 5.92 Å². The van der Waals surface area contributed by atoms with Gasteiger partial charge in [-0.25, -0.2) is 9.29 Å². The van der Waals surface area contributed by atoms with Gasteiger partial charge in [0.15, 0.2) is 0 Å². The molecule has 27 heavy (non-hydrogen) atoms. The third kappa shape index (κ3) is 3.03. The Hall–Kier alpha value is -2.95. The van der Waals surface area contributed by atoms with Gasteiger partial charge in [0, 0.05) is 13.1 Å². The summed E-state index contributed by atoms with van der Waals surface area (Å²) in [5.41, 5.74) is 1.43. The highest BCUT2D eigenvalue weighted by molar-refractivity contribution is 6.45. The molecule has 1 saturated heterocycles. The van der Waals surface area contributed by atoms with Crippen LogP contribution in [0.25, 0.3) is 5.57 Å². The number of piperidine rings is 1. The van der Waals surface area contributed by atoms with Crippen LogP contribution in [0.2, 0.25) is 0 Å². The van der Waals surface area contributed by atoms with E-state index in [9.17, 15) is 14.0 Å². The molecule has 1 unspecified atom stereocenters. The SMILES string of the molecule is CC1CCCN(C2=C(c3ccccc3)C(=O)N(c3ccccc3F)C2=O)C1. The van der Waals surface area contributed by atoms with Crippen LogP contribution in [0.15, 0.2) is 60.3 Å². The van der Waals surface area contributed by atoms with Crippen LogP contribution in [0.3, 0.4) is 0 Å². The number of likely N-dealkylation sites (tertiary alicyclic amines) is 1. The van der Waals surface area contributed by atoms with Gasteiger partial charge in [-0.1, -0.05) is 49.4 Å². The number of halogens is 1. The van der Waals surface area contributed by atoms with Gasteiger partial charge in [-0.15, -0.1) is 0 Å². The topological polar surface area (TPSA) is 40.6 Å². The Morgan fingerprint density at radius 2 is 1.67 bits per heavy atom. The molecule has 0 bridgehead atoms. The maximum Gasteiger partial charge on any atom is 0.282 e. The first-order valence-corrected chi connectivity index (χ1v) is 9.26. The number of carbonyl (C=O) groups excluding carboxylic acids is 2. The maximum atomic E-state index is 14.4. The van der Waals surface area contributed by atoms with Crippen molar-refractivity contribution in [3.8, 4) is 0 Å². The second-order valence-corrected chi connectivity index (χ2v) is 7.18. The highest BCUT2D eigenvalue weighted by Crippen LogP contribution is 2.37. The van der Waals surface area contributed by atoms with Crippen molar-refractivity contribution in [3.05, 3.63) is 71.7 Å². The van der Waals surface area contributed by atoms with E-state index in [4.69, 9.17) is 0 Å². The van der Waals surface area contributed by atoms with Crippen LogP contribution in [-0.2, 0) is 9.59 Å². The van der Waals surface area contributed by atoms with Gasteiger partial charge in [-0.2, -0.15) is 0 Å². The van der Waals surface area contributed by atoms with E-state index in [-0.39, 0.29) is 5.69 Å². The molecule has 2 aliphatic rings. The Bertz CT molecular complexity index is 923. The van der Waals surface area contributed by atoms with E-state index in [0.29, 0.717) is 22.8 Å². The summed E-state index contributed by atoms with van der Waals surface area (Å²) >= 11 is 0. The quantitative estimate of drug-likeness (QED) is 0.777. The minimum absolute atomic E-state index is 0.000916. The van der Waals surface area contributed by atoms with Gasteiger partial charge in [0.25, 0.3) is 11.8 Å². The molecule has 5 heteroatoms. The van der Waals surface area contributed by atoms with Crippen LogP contribution in [-0.4, -0.2) is 29.8 Å². The van der Waals surface area contributed by atoms with Crippen molar-refractivity contribution in [3.63, 3.8) is 0 Å². The summed E-state index contributed by atoms with van der Waals surface area (Å²) in [4.78, 5) is 29.5. The Labute approximate surface area is 157 Å². The van der Waals surface area contributed by atoms with Crippen molar-refractivity contribution in [2.45, 2.75) is 19.8 Å². The highest BCUT2D eigenvalue weighted by atomic mass is 19.1. The lowest BCUT2D eigenvalue weighted by Gasteiger charge is -2.33. The number of carbonyl (C=O) groups is 2.